The van der Waals surface area contributed by atoms with Gasteiger partial charge in [-0.15, -0.1) is 0 Å². The molecule has 0 saturated heterocycles. The summed E-state index contributed by atoms with van der Waals surface area (Å²) in [6.07, 6.45) is 1.54. The standard InChI is InChI=1S/C13H18N4O2/c1-4-17(8-9(2)6-14)11-7-16-12(15)5-10(11)13(18)19-3/h5,7,9H,4,8H2,1-3H3,(H2,15,16). The third-order valence-electron chi connectivity index (χ3n) is 2.75. The Morgan fingerprint density at radius 3 is 2.89 bits per heavy atom. The van der Waals surface area contributed by atoms with E-state index < -0.39 is 5.97 Å². The van der Waals surface area contributed by atoms with Gasteiger partial charge in [0.1, 0.15) is 5.82 Å². The molecule has 1 atom stereocenters. The zero-order valence-corrected chi connectivity index (χ0v) is 11.4. The third-order valence-corrected chi connectivity index (χ3v) is 2.75. The summed E-state index contributed by atoms with van der Waals surface area (Å²) < 4.78 is 4.74. The Morgan fingerprint density at radius 1 is 1.68 bits per heavy atom. The number of anilines is 2. The number of methoxy groups -OCH3 is 1. The highest BCUT2D eigenvalue weighted by Crippen LogP contribution is 2.23. The van der Waals surface area contributed by atoms with Crippen molar-refractivity contribution < 1.29 is 9.53 Å². The Morgan fingerprint density at radius 2 is 2.37 bits per heavy atom. The zero-order chi connectivity index (χ0) is 14.4. The van der Waals surface area contributed by atoms with Crippen LogP contribution in [-0.4, -0.2) is 31.2 Å². The van der Waals surface area contributed by atoms with Gasteiger partial charge in [-0.2, -0.15) is 5.26 Å². The number of nitrogens with zero attached hydrogens (tertiary/aromatic N) is 3. The molecular weight excluding hydrogens is 244 g/mol. The fourth-order valence-electron chi connectivity index (χ4n) is 1.76. The minimum Gasteiger partial charge on any atom is -0.465 e. The first-order valence-corrected chi connectivity index (χ1v) is 6.01. The highest BCUT2D eigenvalue weighted by Gasteiger charge is 2.18. The summed E-state index contributed by atoms with van der Waals surface area (Å²) in [5.41, 5.74) is 6.59. The molecule has 0 fully saturated rings. The van der Waals surface area contributed by atoms with Gasteiger partial charge in [0, 0.05) is 13.1 Å². The minimum atomic E-state index is -0.466. The van der Waals surface area contributed by atoms with Gasteiger partial charge in [-0.3, -0.25) is 0 Å². The molecule has 102 valence electrons. The van der Waals surface area contributed by atoms with E-state index >= 15 is 0 Å². The van der Waals surface area contributed by atoms with Crippen LogP contribution in [0, 0.1) is 17.2 Å². The summed E-state index contributed by atoms with van der Waals surface area (Å²) in [5.74, 6) is -0.358. The molecule has 0 aromatic carbocycles. The molecule has 1 aromatic heterocycles. The van der Waals surface area contributed by atoms with Crippen LogP contribution < -0.4 is 10.6 Å². The Balaban J connectivity index is 3.16. The van der Waals surface area contributed by atoms with Crippen molar-refractivity contribution in [2.24, 2.45) is 5.92 Å². The molecule has 1 heterocycles. The van der Waals surface area contributed by atoms with Gasteiger partial charge in [-0.25, -0.2) is 9.78 Å². The average Bonchev–Trinajstić information content (AvgIpc) is 2.43. The Bertz CT molecular complexity index is 496. The van der Waals surface area contributed by atoms with E-state index in [2.05, 4.69) is 11.1 Å². The molecule has 2 N–H and O–H groups in total. The quantitative estimate of drug-likeness (QED) is 0.807. The van der Waals surface area contributed by atoms with Crippen LogP contribution in [0.3, 0.4) is 0 Å². The van der Waals surface area contributed by atoms with Crippen molar-refractivity contribution >= 4 is 17.5 Å². The maximum atomic E-state index is 11.8. The number of nitriles is 1. The Hall–Kier alpha value is -2.29. The van der Waals surface area contributed by atoms with Crippen molar-refractivity contribution in [3.8, 4) is 6.07 Å². The second-order valence-electron chi connectivity index (χ2n) is 4.19. The predicted octanol–water partition coefficient (Wildman–Crippen LogP) is 1.44. The largest absolute Gasteiger partial charge is 0.465 e. The number of ether oxygens (including phenoxy) is 1. The van der Waals surface area contributed by atoms with Crippen molar-refractivity contribution in [1.82, 2.24) is 4.98 Å². The number of hydrogen-bond acceptors (Lipinski definition) is 6. The summed E-state index contributed by atoms with van der Waals surface area (Å²) in [6.45, 7) is 4.94. The number of carbonyl (C=O) groups is 1. The van der Waals surface area contributed by atoms with Gasteiger partial charge >= 0.3 is 5.97 Å². The predicted molar refractivity (Wildman–Crippen MR) is 72.7 cm³/mol. The van der Waals surface area contributed by atoms with E-state index in [0.29, 0.717) is 24.3 Å². The number of nitrogens with two attached hydrogens (primary N) is 1. The first kappa shape index (κ1) is 14.8. The molecule has 6 nitrogen and oxygen atoms in total. The molecule has 0 aliphatic heterocycles. The fourth-order valence-corrected chi connectivity index (χ4v) is 1.76. The van der Waals surface area contributed by atoms with Crippen LogP contribution in [0.5, 0.6) is 0 Å². The molecule has 0 amide bonds. The van der Waals surface area contributed by atoms with Crippen LogP contribution >= 0.6 is 0 Å². The van der Waals surface area contributed by atoms with E-state index in [0.717, 1.165) is 0 Å². The number of esters is 1. The number of carbonyl (C=O) groups excluding carboxylic acids is 1. The number of nitrogen functional groups attached to an aromatic ring is 1. The van der Waals surface area contributed by atoms with Gasteiger partial charge in [-0.05, 0) is 19.9 Å². The maximum absolute atomic E-state index is 11.8. The van der Waals surface area contributed by atoms with Gasteiger partial charge in [0.15, 0.2) is 0 Å². The lowest BCUT2D eigenvalue weighted by Gasteiger charge is -2.25. The summed E-state index contributed by atoms with van der Waals surface area (Å²) in [6, 6.07) is 3.66. The van der Waals surface area contributed by atoms with Gasteiger partial charge in [-0.1, -0.05) is 0 Å². The molecule has 19 heavy (non-hydrogen) atoms. The lowest BCUT2D eigenvalue weighted by atomic mass is 10.1. The molecule has 0 aliphatic rings. The van der Waals surface area contributed by atoms with Crippen molar-refractivity contribution in [1.29, 1.82) is 5.26 Å². The molecular formula is C13H18N4O2. The summed E-state index contributed by atoms with van der Waals surface area (Å²) in [5, 5.41) is 8.89. The monoisotopic (exact) mass is 262 g/mol. The molecule has 0 saturated carbocycles. The van der Waals surface area contributed by atoms with Crippen molar-refractivity contribution in [2.45, 2.75) is 13.8 Å². The summed E-state index contributed by atoms with van der Waals surface area (Å²) in [7, 11) is 1.32. The average molecular weight is 262 g/mol. The summed E-state index contributed by atoms with van der Waals surface area (Å²) >= 11 is 0. The number of hydrogen-bond donors (Lipinski definition) is 1. The van der Waals surface area contributed by atoms with E-state index in [1.165, 1.54) is 19.4 Å². The lowest BCUT2D eigenvalue weighted by Crippen LogP contribution is -2.29. The second kappa shape index (κ2) is 6.59. The first-order chi connectivity index (χ1) is 9.03. The van der Waals surface area contributed by atoms with Gasteiger partial charge in [0.2, 0.25) is 0 Å². The van der Waals surface area contributed by atoms with Crippen LogP contribution in [0.2, 0.25) is 0 Å². The summed E-state index contributed by atoms with van der Waals surface area (Å²) in [4.78, 5) is 17.7. The zero-order valence-electron chi connectivity index (χ0n) is 11.4. The smallest absolute Gasteiger partial charge is 0.340 e. The van der Waals surface area contributed by atoms with Crippen LogP contribution in [0.4, 0.5) is 11.5 Å². The Labute approximate surface area is 112 Å². The highest BCUT2D eigenvalue weighted by atomic mass is 16.5. The van der Waals surface area contributed by atoms with Crippen LogP contribution in [0.25, 0.3) is 0 Å². The minimum absolute atomic E-state index is 0.150. The van der Waals surface area contributed by atoms with Gasteiger partial charge in [0.25, 0.3) is 0 Å². The van der Waals surface area contributed by atoms with E-state index in [4.69, 9.17) is 15.7 Å². The molecule has 1 rings (SSSR count). The highest BCUT2D eigenvalue weighted by molar-refractivity contribution is 5.96. The van der Waals surface area contributed by atoms with Crippen LogP contribution in [0.15, 0.2) is 12.3 Å². The molecule has 0 aliphatic carbocycles. The first-order valence-electron chi connectivity index (χ1n) is 6.01. The third kappa shape index (κ3) is 3.58. The van der Waals surface area contributed by atoms with E-state index in [-0.39, 0.29) is 11.7 Å². The number of aromatic nitrogens is 1. The molecule has 0 radical (unpaired) electrons. The lowest BCUT2D eigenvalue weighted by molar-refractivity contribution is 0.0601. The topological polar surface area (TPSA) is 92.2 Å². The van der Waals surface area contributed by atoms with E-state index in [1.54, 1.807) is 0 Å². The molecule has 0 spiro atoms. The number of rotatable bonds is 5. The van der Waals surface area contributed by atoms with Crippen molar-refractivity contribution in [3.63, 3.8) is 0 Å². The fraction of sp³-hybridized carbons (Fsp3) is 0.462. The van der Waals surface area contributed by atoms with Gasteiger partial charge in [0.05, 0.1) is 36.5 Å². The van der Waals surface area contributed by atoms with Crippen molar-refractivity contribution in [2.75, 3.05) is 30.8 Å². The van der Waals surface area contributed by atoms with Gasteiger partial charge < -0.3 is 15.4 Å². The maximum Gasteiger partial charge on any atom is 0.340 e. The van der Waals surface area contributed by atoms with Crippen LogP contribution in [0.1, 0.15) is 24.2 Å². The molecule has 6 heteroatoms. The van der Waals surface area contributed by atoms with Crippen LogP contribution in [-0.2, 0) is 4.74 Å². The number of pyridine rings is 1. The van der Waals surface area contributed by atoms with Crippen molar-refractivity contribution in [3.05, 3.63) is 17.8 Å². The second-order valence-corrected chi connectivity index (χ2v) is 4.19. The molecule has 1 aromatic rings. The van der Waals surface area contributed by atoms with E-state index in [9.17, 15) is 4.79 Å². The molecule has 0 bridgehead atoms. The normalized spacial score (nSPS) is 11.5. The van der Waals surface area contributed by atoms with E-state index in [1.807, 2.05) is 18.7 Å². The SMILES string of the molecule is CCN(CC(C)C#N)c1cnc(N)cc1C(=O)OC. The Kier molecular flexibility index (Phi) is 5.12. The molecule has 1 unspecified atom stereocenters.